The van der Waals surface area contributed by atoms with Gasteiger partial charge >= 0.3 is 5.97 Å². The molecule has 1 N–H and O–H groups in total. The number of carboxylic acids is 1. The zero-order valence-corrected chi connectivity index (χ0v) is 11.9. The first-order chi connectivity index (χ1) is 9.00. The molecule has 2 saturated carbocycles. The summed E-state index contributed by atoms with van der Waals surface area (Å²) >= 11 is 3.33. The van der Waals surface area contributed by atoms with Crippen LogP contribution in [0.3, 0.4) is 0 Å². The highest BCUT2D eigenvalue weighted by molar-refractivity contribution is 9.10. The zero-order chi connectivity index (χ0) is 13.6. The largest absolute Gasteiger partial charge is 0.489 e. The van der Waals surface area contributed by atoms with Crippen LogP contribution in [0.1, 0.15) is 37.7 Å². The summed E-state index contributed by atoms with van der Waals surface area (Å²) in [5.74, 6) is -0.584. The third-order valence-electron chi connectivity index (χ3n) is 3.73. The molecule has 0 amide bonds. The van der Waals surface area contributed by atoms with Crippen LogP contribution < -0.4 is 4.74 Å². The fourth-order valence-corrected chi connectivity index (χ4v) is 2.93. The number of carboxylic acid groups (broad SMARTS) is 1. The van der Waals surface area contributed by atoms with E-state index in [1.54, 1.807) is 0 Å². The van der Waals surface area contributed by atoms with Crippen LogP contribution in [0.2, 0.25) is 0 Å². The minimum atomic E-state index is -0.852. The lowest BCUT2D eigenvalue weighted by atomic mass is 9.91. The summed E-state index contributed by atoms with van der Waals surface area (Å²) in [6, 6.07) is 2.80. The molecule has 0 unspecified atom stereocenters. The third kappa shape index (κ3) is 2.61. The van der Waals surface area contributed by atoms with Gasteiger partial charge in [0.25, 0.3) is 0 Å². The average Bonchev–Trinajstić information content (AvgIpc) is 3.17. The van der Waals surface area contributed by atoms with E-state index in [0.29, 0.717) is 15.8 Å². The highest BCUT2D eigenvalue weighted by Gasteiger charge is 2.48. The molecule has 19 heavy (non-hydrogen) atoms. The first-order valence-corrected chi connectivity index (χ1v) is 7.17. The van der Waals surface area contributed by atoms with Crippen LogP contribution in [-0.4, -0.2) is 17.2 Å². The van der Waals surface area contributed by atoms with Gasteiger partial charge in [-0.3, -0.25) is 4.79 Å². The van der Waals surface area contributed by atoms with Gasteiger partial charge in [0.2, 0.25) is 0 Å². The zero-order valence-electron chi connectivity index (χ0n) is 10.3. The molecule has 3 rings (SSSR count). The summed E-state index contributed by atoms with van der Waals surface area (Å²) in [6.07, 6.45) is 3.79. The molecule has 0 bridgehead atoms. The molecule has 2 aliphatic rings. The summed E-state index contributed by atoms with van der Waals surface area (Å²) in [7, 11) is 0. The minimum absolute atomic E-state index is 0.0317. The maximum absolute atomic E-state index is 13.6. The highest BCUT2D eigenvalue weighted by Crippen LogP contribution is 2.55. The van der Waals surface area contributed by atoms with Crippen molar-refractivity contribution in [1.82, 2.24) is 0 Å². The van der Waals surface area contributed by atoms with Gasteiger partial charge in [0.1, 0.15) is 11.6 Å². The van der Waals surface area contributed by atoms with Gasteiger partial charge in [-0.05, 0) is 53.7 Å². The van der Waals surface area contributed by atoms with Crippen LogP contribution in [0, 0.1) is 5.82 Å². The molecule has 3 nitrogen and oxygen atoms in total. The molecule has 0 aromatic heterocycles. The lowest BCUT2D eigenvalue weighted by Crippen LogP contribution is -2.15. The summed E-state index contributed by atoms with van der Waals surface area (Å²) in [5.41, 5.74) is 0.259. The van der Waals surface area contributed by atoms with Gasteiger partial charge in [0.15, 0.2) is 0 Å². The second-order valence-electron chi connectivity index (χ2n) is 5.43. The van der Waals surface area contributed by atoms with Gasteiger partial charge in [0, 0.05) is 11.0 Å². The molecule has 2 fully saturated rings. The van der Waals surface area contributed by atoms with Crippen molar-refractivity contribution in [3.63, 3.8) is 0 Å². The number of hydrogen-bond acceptors (Lipinski definition) is 2. The molecule has 0 atom stereocenters. The predicted molar refractivity (Wildman–Crippen MR) is 70.9 cm³/mol. The number of aliphatic carboxylic acids is 1. The molecule has 0 aliphatic heterocycles. The molecule has 1 aromatic carbocycles. The van der Waals surface area contributed by atoms with Crippen LogP contribution in [0.4, 0.5) is 4.39 Å². The maximum Gasteiger partial charge on any atom is 0.304 e. The molecule has 0 heterocycles. The number of rotatable bonds is 5. The van der Waals surface area contributed by atoms with E-state index in [4.69, 9.17) is 9.84 Å². The molecular formula is C14H14BrFO3. The van der Waals surface area contributed by atoms with Crippen molar-refractivity contribution < 1.29 is 19.0 Å². The Balaban J connectivity index is 2.00. The second-order valence-corrected chi connectivity index (χ2v) is 6.29. The van der Waals surface area contributed by atoms with Crippen LogP contribution >= 0.6 is 15.9 Å². The minimum Gasteiger partial charge on any atom is -0.489 e. The van der Waals surface area contributed by atoms with Crippen molar-refractivity contribution in [1.29, 1.82) is 0 Å². The molecule has 102 valence electrons. The van der Waals surface area contributed by atoms with E-state index in [9.17, 15) is 9.18 Å². The molecular weight excluding hydrogens is 315 g/mol. The lowest BCUT2D eigenvalue weighted by molar-refractivity contribution is -0.137. The van der Waals surface area contributed by atoms with Crippen LogP contribution in [-0.2, 0) is 10.2 Å². The summed E-state index contributed by atoms with van der Waals surface area (Å²) in [4.78, 5) is 11.0. The highest BCUT2D eigenvalue weighted by atomic mass is 79.9. The standard InChI is InChI=1S/C14H14BrFO3/c15-11-6-8(16)5-10(13(11)19-9-1-2-9)14(3-4-14)7-12(17)18/h5-6,9H,1-4,7H2,(H,17,18). The van der Waals surface area contributed by atoms with Gasteiger partial charge in [0.05, 0.1) is 17.0 Å². The van der Waals surface area contributed by atoms with Crippen molar-refractivity contribution in [2.24, 2.45) is 0 Å². The van der Waals surface area contributed by atoms with E-state index in [0.717, 1.165) is 25.7 Å². The molecule has 2 aliphatic carbocycles. The maximum atomic E-state index is 13.6. The summed E-state index contributed by atoms with van der Waals surface area (Å²) < 4.78 is 20.0. The number of hydrogen-bond donors (Lipinski definition) is 1. The smallest absolute Gasteiger partial charge is 0.304 e. The van der Waals surface area contributed by atoms with E-state index in [1.165, 1.54) is 12.1 Å². The van der Waals surface area contributed by atoms with Crippen LogP contribution in [0.25, 0.3) is 0 Å². The Labute approximate surface area is 118 Å². The Morgan fingerprint density at radius 1 is 1.47 bits per heavy atom. The van der Waals surface area contributed by atoms with Crippen LogP contribution in [0.5, 0.6) is 5.75 Å². The Morgan fingerprint density at radius 3 is 2.68 bits per heavy atom. The number of benzene rings is 1. The molecule has 0 saturated heterocycles. The van der Waals surface area contributed by atoms with Gasteiger partial charge in [-0.25, -0.2) is 4.39 Å². The summed E-state index contributed by atoms with van der Waals surface area (Å²) in [6.45, 7) is 0. The fourth-order valence-electron chi connectivity index (χ4n) is 2.41. The number of carbonyl (C=O) groups is 1. The van der Waals surface area contributed by atoms with Gasteiger partial charge in [-0.1, -0.05) is 0 Å². The number of ether oxygens (including phenoxy) is 1. The van der Waals surface area contributed by atoms with E-state index >= 15 is 0 Å². The SMILES string of the molecule is O=C(O)CC1(c2cc(F)cc(Br)c2OC2CC2)CC1. The number of halogens is 2. The molecule has 1 aromatic rings. The van der Waals surface area contributed by atoms with E-state index < -0.39 is 11.4 Å². The Bertz CT molecular complexity index is 536. The Hall–Kier alpha value is -1.10. The van der Waals surface area contributed by atoms with Crippen molar-refractivity contribution in [2.75, 3.05) is 0 Å². The molecule has 5 heteroatoms. The van der Waals surface area contributed by atoms with Crippen molar-refractivity contribution in [2.45, 2.75) is 43.6 Å². The van der Waals surface area contributed by atoms with Crippen molar-refractivity contribution in [3.05, 3.63) is 28.0 Å². The average molecular weight is 329 g/mol. The third-order valence-corrected chi connectivity index (χ3v) is 4.32. The normalized spacial score (nSPS) is 20.1. The Kier molecular flexibility index (Phi) is 3.04. The van der Waals surface area contributed by atoms with Crippen molar-refractivity contribution in [3.8, 4) is 5.75 Å². The monoisotopic (exact) mass is 328 g/mol. The van der Waals surface area contributed by atoms with Crippen LogP contribution in [0.15, 0.2) is 16.6 Å². The van der Waals surface area contributed by atoms with Gasteiger partial charge < -0.3 is 9.84 Å². The second kappa shape index (κ2) is 4.47. The fraction of sp³-hybridized carbons (Fsp3) is 0.500. The summed E-state index contributed by atoms with van der Waals surface area (Å²) in [5, 5.41) is 9.03. The van der Waals surface area contributed by atoms with E-state index in [2.05, 4.69) is 15.9 Å². The topological polar surface area (TPSA) is 46.5 Å². The predicted octanol–water partition coefficient (Wildman–Crippen LogP) is 3.64. The van der Waals surface area contributed by atoms with Gasteiger partial charge in [-0.15, -0.1) is 0 Å². The Morgan fingerprint density at radius 2 is 2.16 bits per heavy atom. The van der Waals surface area contributed by atoms with Gasteiger partial charge in [-0.2, -0.15) is 0 Å². The molecule has 0 radical (unpaired) electrons. The van der Waals surface area contributed by atoms with E-state index in [-0.39, 0.29) is 18.3 Å². The molecule has 0 spiro atoms. The van der Waals surface area contributed by atoms with E-state index in [1.807, 2.05) is 0 Å². The first-order valence-electron chi connectivity index (χ1n) is 6.38. The first kappa shape index (κ1) is 12.9. The quantitative estimate of drug-likeness (QED) is 0.897. The van der Waals surface area contributed by atoms with Crippen molar-refractivity contribution >= 4 is 21.9 Å². The lowest BCUT2D eigenvalue weighted by Gasteiger charge is -2.19.